The van der Waals surface area contributed by atoms with E-state index in [1.165, 1.54) is 69.8 Å². The second kappa shape index (κ2) is 15.2. The number of hydrogen-bond acceptors (Lipinski definition) is 5. The minimum Gasteiger partial charge on any atom is -0.425 e. The van der Waals surface area contributed by atoms with E-state index in [0.717, 1.165) is 18.4 Å². The highest BCUT2D eigenvalue weighted by Crippen LogP contribution is 2.26. The minimum atomic E-state index is -1.12. The zero-order valence-corrected chi connectivity index (χ0v) is 21.3. The van der Waals surface area contributed by atoms with Crippen molar-refractivity contribution in [2.45, 2.75) is 104 Å². The number of esters is 1. The van der Waals surface area contributed by atoms with E-state index in [2.05, 4.69) is 23.0 Å². The van der Waals surface area contributed by atoms with Gasteiger partial charge in [0.15, 0.2) is 11.2 Å². The average molecular weight is 464 g/mol. The molecule has 0 saturated heterocycles. The summed E-state index contributed by atoms with van der Waals surface area (Å²) in [6.45, 7) is 5.83. The Morgan fingerprint density at radius 2 is 1.44 bits per heavy atom. The molecule has 5 heteroatoms. The van der Waals surface area contributed by atoms with Crippen LogP contribution in [0, 0.1) is 16.7 Å². The lowest BCUT2D eigenvalue weighted by Crippen LogP contribution is -2.30. The van der Waals surface area contributed by atoms with Gasteiger partial charge in [-0.2, -0.15) is 5.26 Å². The van der Waals surface area contributed by atoms with Gasteiger partial charge < -0.3 is 4.74 Å². The molecule has 0 aliphatic carbocycles. The van der Waals surface area contributed by atoms with Gasteiger partial charge in [0.1, 0.15) is 5.75 Å². The summed E-state index contributed by atoms with van der Waals surface area (Å²) in [6, 6.07) is 9.20. The predicted octanol–water partition coefficient (Wildman–Crippen LogP) is 7.84. The van der Waals surface area contributed by atoms with Crippen LogP contribution in [0.3, 0.4) is 0 Å². The van der Waals surface area contributed by atoms with E-state index in [9.17, 15) is 10.1 Å². The van der Waals surface area contributed by atoms with Gasteiger partial charge in [-0.25, -0.2) is 14.8 Å². The van der Waals surface area contributed by atoms with Crippen LogP contribution in [0.25, 0.3) is 11.4 Å². The summed E-state index contributed by atoms with van der Waals surface area (Å²) in [5.41, 5.74) is 0.906. The van der Waals surface area contributed by atoms with Gasteiger partial charge in [-0.15, -0.1) is 0 Å². The fraction of sp³-hybridized carbons (Fsp3) is 0.586. The van der Waals surface area contributed by atoms with Gasteiger partial charge in [0.05, 0.1) is 6.07 Å². The molecule has 0 amide bonds. The molecular weight excluding hydrogens is 422 g/mol. The number of nitrogens with zero attached hydrogens (tertiary/aromatic N) is 3. The SMILES string of the molecule is CCCCCCCCCCCCc1cnc(-c2ccc(OC(=O)C(C)(C#N)CCC)cc2)nc1. The molecule has 0 radical (unpaired) electrons. The molecule has 184 valence electrons. The van der Waals surface area contributed by atoms with Crippen molar-refractivity contribution in [1.82, 2.24) is 9.97 Å². The first-order valence-electron chi connectivity index (χ1n) is 13.1. The molecule has 1 heterocycles. The number of nitriles is 1. The summed E-state index contributed by atoms with van der Waals surface area (Å²) in [5.74, 6) is 0.554. The van der Waals surface area contributed by atoms with Gasteiger partial charge in [-0.05, 0) is 56.0 Å². The molecule has 0 aliphatic rings. The molecule has 0 fully saturated rings. The molecule has 0 aliphatic heterocycles. The van der Waals surface area contributed by atoms with Crippen LogP contribution in [0.5, 0.6) is 5.75 Å². The fourth-order valence-corrected chi connectivity index (χ4v) is 4.04. The molecule has 1 aromatic heterocycles. The number of carbonyl (C=O) groups excluding carboxylic acids is 1. The molecule has 34 heavy (non-hydrogen) atoms. The number of benzene rings is 1. The number of rotatable bonds is 16. The lowest BCUT2D eigenvalue weighted by atomic mass is 9.87. The van der Waals surface area contributed by atoms with Gasteiger partial charge in [-0.1, -0.05) is 78.1 Å². The Labute approximate surface area is 206 Å². The van der Waals surface area contributed by atoms with E-state index in [4.69, 9.17) is 4.74 Å². The van der Waals surface area contributed by atoms with E-state index in [-0.39, 0.29) is 0 Å². The Balaban J connectivity index is 1.74. The normalized spacial score (nSPS) is 12.6. The van der Waals surface area contributed by atoms with Crippen molar-refractivity contribution in [2.24, 2.45) is 5.41 Å². The lowest BCUT2D eigenvalue weighted by Gasteiger charge is -2.18. The summed E-state index contributed by atoms with van der Waals surface area (Å²) in [4.78, 5) is 21.4. The fourth-order valence-electron chi connectivity index (χ4n) is 4.04. The first kappa shape index (κ1) is 27.5. The van der Waals surface area contributed by atoms with E-state index in [1.807, 2.05) is 31.5 Å². The summed E-state index contributed by atoms with van der Waals surface area (Å²) in [6.07, 6.45) is 19.4. The third-order valence-electron chi connectivity index (χ3n) is 6.29. The number of aromatic nitrogens is 2. The average Bonchev–Trinajstić information content (AvgIpc) is 2.86. The molecule has 2 aromatic rings. The molecule has 0 spiro atoms. The molecule has 0 bridgehead atoms. The largest absolute Gasteiger partial charge is 0.425 e. The topological polar surface area (TPSA) is 75.9 Å². The number of hydrogen-bond donors (Lipinski definition) is 0. The second-order valence-corrected chi connectivity index (χ2v) is 9.45. The predicted molar refractivity (Wildman–Crippen MR) is 137 cm³/mol. The van der Waals surface area contributed by atoms with Crippen LogP contribution >= 0.6 is 0 Å². The number of carbonyl (C=O) groups is 1. The van der Waals surface area contributed by atoms with Crippen molar-refractivity contribution in [1.29, 1.82) is 5.26 Å². The molecule has 2 rings (SSSR count). The summed E-state index contributed by atoms with van der Waals surface area (Å²) in [5, 5.41) is 9.35. The number of aryl methyl sites for hydroxylation is 1. The van der Waals surface area contributed by atoms with Gasteiger partial charge in [0, 0.05) is 18.0 Å². The standard InChI is InChI=1S/C29H41N3O2/c1-4-6-7-8-9-10-11-12-13-14-15-24-21-31-27(32-22-24)25-16-18-26(19-17-25)34-28(33)29(3,23-30)20-5-2/h16-19,21-22H,4-15,20H2,1-3H3. The molecule has 0 saturated carbocycles. The minimum absolute atomic E-state index is 0.420. The van der Waals surface area contributed by atoms with Gasteiger partial charge in [0.25, 0.3) is 0 Å². The highest BCUT2D eigenvalue weighted by Gasteiger charge is 2.34. The molecular formula is C29H41N3O2. The monoisotopic (exact) mass is 463 g/mol. The maximum Gasteiger partial charge on any atom is 0.331 e. The van der Waals surface area contributed by atoms with E-state index in [1.54, 1.807) is 19.1 Å². The lowest BCUT2D eigenvalue weighted by molar-refractivity contribution is -0.142. The van der Waals surface area contributed by atoms with E-state index in [0.29, 0.717) is 18.0 Å². The highest BCUT2D eigenvalue weighted by molar-refractivity contribution is 5.81. The quantitative estimate of drug-likeness (QED) is 0.144. The van der Waals surface area contributed by atoms with Crippen molar-refractivity contribution >= 4 is 5.97 Å². The second-order valence-electron chi connectivity index (χ2n) is 9.45. The van der Waals surface area contributed by atoms with Crippen LogP contribution in [0.15, 0.2) is 36.7 Å². The molecule has 5 nitrogen and oxygen atoms in total. The van der Waals surface area contributed by atoms with Crippen LogP contribution in [0.2, 0.25) is 0 Å². The zero-order chi connectivity index (χ0) is 24.7. The first-order chi connectivity index (χ1) is 16.5. The van der Waals surface area contributed by atoms with Crippen molar-refractivity contribution in [3.63, 3.8) is 0 Å². The Bertz CT molecular complexity index is 887. The van der Waals surface area contributed by atoms with Crippen LogP contribution < -0.4 is 4.74 Å². The highest BCUT2D eigenvalue weighted by atomic mass is 16.5. The summed E-state index contributed by atoms with van der Waals surface area (Å²) >= 11 is 0. The van der Waals surface area contributed by atoms with Gasteiger partial charge in [-0.3, -0.25) is 0 Å². The van der Waals surface area contributed by atoms with Crippen LogP contribution in [0.4, 0.5) is 0 Å². The van der Waals surface area contributed by atoms with Crippen LogP contribution in [-0.4, -0.2) is 15.9 Å². The van der Waals surface area contributed by atoms with Crippen molar-refractivity contribution in [3.05, 3.63) is 42.2 Å². The van der Waals surface area contributed by atoms with Crippen LogP contribution in [0.1, 0.15) is 103 Å². The van der Waals surface area contributed by atoms with Gasteiger partial charge >= 0.3 is 5.97 Å². The van der Waals surface area contributed by atoms with Crippen molar-refractivity contribution in [2.75, 3.05) is 0 Å². The Morgan fingerprint density at radius 3 is 1.97 bits per heavy atom. The Kier molecular flexibility index (Phi) is 12.3. The first-order valence-corrected chi connectivity index (χ1v) is 13.1. The molecule has 1 unspecified atom stereocenters. The molecule has 0 N–H and O–H groups in total. The van der Waals surface area contributed by atoms with Crippen molar-refractivity contribution in [3.8, 4) is 23.2 Å². The maximum absolute atomic E-state index is 12.4. The number of unbranched alkanes of at least 4 members (excludes halogenated alkanes) is 9. The number of ether oxygens (including phenoxy) is 1. The van der Waals surface area contributed by atoms with Crippen LogP contribution in [-0.2, 0) is 11.2 Å². The van der Waals surface area contributed by atoms with E-state index < -0.39 is 11.4 Å². The zero-order valence-electron chi connectivity index (χ0n) is 21.3. The summed E-state index contributed by atoms with van der Waals surface area (Å²) in [7, 11) is 0. The molecule has 1 aromatic carbocycles. The Morgan fingerprint density at radius 1 is 0.882 bits per heavy atom. The smallest absolute Gasteiger partial charge is 0.331 e. The third-order valence-corrected chi connectivity index (χ3v) is 6.29. The third kappa shape index (κ3) is 9.25. The Hall–Kier alpha value is -2.74. The summed E-state index contributed by atoms with van der Waals surface area (Å²) < 4.78 is 5.43. The van der Waals surface area contributed by atoms with Crippen molar-refractivity contribution < 1.29 is 9.53 Å². The molecule has 1 atom stereocenters. The van der Waals surface area contributed by atoms with Gasteiger partial charge in [0.2, 0.25) is 0 Å². The van der Waals surface area contributed by atoms with E-state index >= 15 is 0 Å². The maximum atomic E-state index is 12.4.